The predicted molar refractivity (Wildman–Crippen MR) is 175 cm³/mol. The summed E-state index contributed by atoms with van der Waals surface area (Å²) in [5.74, 6) is 0.863. The number of hydrogen-bond donors (Lipinski definition) is 0. The van der Waals surface area contributed by atoms with Crippen LogP contribution in [0.3, 0.4) is 0 Å². The Morgan fingerprint density at radius 2 is 0.825 bits per heavy atom. The van der Waals surface area contributed by atoms with Gasteiger partial charge in [-0.3, -0.25) is 4.79 Å². The number of rotatable bonds is 29. The van der Waals surface area contributed by atoms with Gasteiger partial charge in [0.2, 0.25) is 0 Å². The lowest BCUT2D eigenvalue weighted by molar-refractivity contribution is -0.107. The molecule has 0 unspecified atom stereocenters. The van der Waals surface area contributed by atoms with E-state index in [4.69, 9.17) is 4.74 Å². The van der Waals surface area contributed by atoms with Crippen molar-refractivity contribution in [3.63, 3.8) is 0 Å². The van der Waals surface area contributed by atoms with Crippen LogP contribution in [0.5, 0.6) is 5.75 Å². The monoisotopic (exact) mass is 559 g/mol. The SMILES string of the molecule is CCCCCCCCCCCC=O.CCCCCCCCCCCCCCCCCCOc1ccc(C=O)cc1. The second-order valence-electron chi connectivity index (χ2n) is 11.6. The van der Waals surface area contributed by atoms with Crippen LogP contribution < -0.4 is 4.74 Å². The van der Waals surface area contributed by atoms with Gasteiger partial charge in [0.15, 0.2) is 0 Å². The summed E-state index contributed by atoms with van der Waals surface area (Å²) in [7, 11) is 0. The van der Waals surface area contributed by atoms with Crippen molar-refractivity contribution in [2.45, 2.75) is 181 Å². The molecule has 1 aromatic rings. The van der Waals surface area contributed by atoms with Crippen molar-refractivity contribution >= 4 is 12.6 Å². The Morgan fingerprint density at radius 1 is 0.475 bits per heavy atom. The van der Waals surface area contributed by atoms with Crippen molar-refractivity contribution < 1.29 is 14.3 Å². The summed E-state index contributed by atoms with van der Waals surface area (Å²) in [5.41, 5.74) is 0.699. The predicted octanol–water partition coefficient (Wildman–Crippen LogP) is 12.2. The van der Waals surface area contributed by atoms with Crippen molar-refractivity contribution in [2.75, 3.05) is 6.61 Å². The summed E-state index contributed by atoms with van der Waals surface area (Å²) in [6.45, 7) is 5.31. The van der Waals surface area contributed by atoms with E-state index in [1.54, 1.807) is 12.1 Å². The summed E-state index contributed by atoms with van der Waals surface area (Å²) >= 11 is 0. The molecule has 232 valence electrons. The van der Waals surface area contributed by atoms with E-state index in [-0.39, 0.29) is 0 Å². The van der Waals surface area contributed by atoms with Crippen LogP contribution in [0.15, 0.2) is 24.3 Å². The average Bonchev–Trinajstić information content (AvgIpc) is 2.98. The van der Waals surface area contributed by atoms with Crippen LogP contribution in [-0.2, 0) is 4.79 Å². The molecule has 0 spiro atoms. The molecule has 3 nitrogen and oxygen atoms in total. The van der Waals surface area contributed by atoms with E-state index >= 15 is 0 Å². The van der Waals surface area contributed by atoms with Gasteiger partial charge < -0.3 is 9.53 Å². The maximum Gasteiger partial charge on any atom is 0.150 e. The molecule has 1 rings (SSSR count). The highest BCUT2D eigenvalue weighted by Crippen LogP contribution is 2.15. The van der Waals surface area contributed by atoms with Crippen molar-refractivity contribution in [2.24, 2.45) is 0 Å². The molecule has 0 fully saturated rings. The van der Waals surface area contributed by atoms with E-state index in [0.29, 0.717) is 5.56 Å². The van der Waals surface area contributed by atoms with E-state index in [0.717, 1.165) is 44.2 Å². The van der Waals surface area contributed by atoms with Gasteiger partial charge in [-0.05, 0) is 37.1 Å². The molecular weight excluding hydrogens is 492 g/mol. The minimum absolute atomic E-state index is 0.699. The van der Waals surface area contributed by atoms with E-state index in [1.807, 2.05) is 12.1 Å². The first-order chi connectivity index (χ1) is 19.8. The smallest absolute Gasteiger partial charge is 0.150 e. The number of benzene rings is 1. The molecule has 0 aliphatic rings. The zero-order chi connectivity index (χ0) is 29.2. The Morgan fingerprint density at radius 3 is 1.18 bits per heavy atom. The van der Waals surface area contributed by atoms with Crippen LogP contribution >= 0.6 is 0 Å². The van der Waals surface area contributed by atoms with Crippen LogP contribution in [0.2, 0.25) is 0 Å². The van der Waals surface area contributed by atoms with Crippen LogP contribution in [0.4, 0.5) is 0 Å². The molecule has 0 atom stereocenters. The molecule has 0 radical (unpaired) electrons. The van der Waals surface area contributed by atoms with Gasteiger partial charge in [-0.1, -0.05) is 162 Å². The fourth-order valence-electron chi connectivity index (χ4n) is 5.02. The Hall–Kier alpha value is -1.64. The van der Waals surface area contributed by atoms with Gasteiger partial charge in [0, 0.05) is 12.0 Å². The molecule has 0 aliphatic heterocycles. The molecule has 1 aromatic carbocycles. The standard InChI is InChI=1S/C25H42O2.C12H24O/c1-2-3-4-5-6-7-8-9-10-11-12-13-14-15-16-17-22-27-25-20-18-24(23-26)19-21-25;1-2-3-4-5-6-7-8-9-10-11-12-13/h18-21,23H,2-17,22H2,1H3;12H,2-11H2,1H3. The molecule has 0 amide bonds. The van der Waals surface area contributed by atoms with E-state index in [9.17, 15) is 9.59 Å². The van der Waals surface area contributed by atoms with Gasteiger partial charge in [0.05, 0.1) is 6.61 Å². The molecule has 0 bridgehead atoms. The fraction of sp³-hybridized carbons (Fsp3) is 0.784. The maximum atomic E-state index is 10.6. The van der Waals surface area contributed by atoms with Crippen LogP contribution in [-0.4, -0.2) is 19.2 Å². The van der Waals surface area contributed by atoms with Gasteiger partial charge >= 0.3 is 0 Å². The summed E-state index contributed by atoms with van der Waals surface area (Å²) in [5, 5.41) is 0. The lowest BCUT2D eigenvalue weighted by Crippen LogP contribution is -1.97. The van der Waals surface area contributed by atoms with E-state index in [1.165, 1.54) is 148 Å². The van der Waals surface area contributed by atoms with Gasteiger partial charge in [0.1, 0.15) is 18.3 Å². The third kappa shape index (κ3) is 29.3. The molecule has 40 heavy (non-hydrogen) atoms. The molecule has 0 saturated heterocycles. The minimum atomic E-state index is 0.699. The van der Waals surface area contributed by atoms with Crippen LogP contribution in [0.25, 0.3) is 0 Å². The highest BCUT2D eigenvalue weighted by molar-refractivity contribution is 5.74. The van der Waals surface area contributed by atoms with Gasteiger partial charge in [0.25, 0.3) is 0 Å². The third-order valence-electron chi connectivity index (χ3n) is 7.71. The summed E-state index contributed by atoms with van der Waals surface area (Å²) < 4.78 is 5.71. The molecule has 0 N–H and O–H groups in total. The van der Waals surface area contributed by atoms with Crippen LogP contribution in [0.1, 0.15) is 191 Å². The lowest BCUT2D eigenvalue weighted by atomic mass is 10.0. The number of hydrogen-bond acceptors (Lipinski definition) is 3. The van der Waals surface area contributed by atoms with Crippen molar-refractivity contribution in [1.29, 1.82) is 0 Å². The number of ether oxygens (including phenoxy) is 1. The number of aldehydes is 2. The first-order valence-corrected chi connectivity index (χ1v) is 17.4. The van der Waals surface area contributed by atoms with Crippen LogP contribution in [0, 0.1) is 0 Å². The molecule has 0 saturated carbocycles. The normalized spacial score (nSPS) is 10.7. The Labute approximate surface area is 249 Å². The highest BCUT2D eigenvalue weighted by Gasteiger charge is 1.97. The molecule has 0 aliphatic carbocycles. The molecular formula is C37H66O3. The Balaban J connectivity index is 0.000000983. The Kier molecular flexibility index (Phi) is 32.2. The first-order valence-electron chi connectivity index (χ1n) is 17.4. The number of carbonyl (C=O) groups is 2. The largest absolute Gasteiger partial charge is 0.494 e. The third-order valence-corrected chi connectivity index (χ3v) is 7.71. The summed E-state index contributed by atoms with van der Waals surface area (Å²) in [6, 6.07) is 7.35. The zero-order valence-corrected chi connectivity index (χ0v) is 26.8. The fourth-order valence-corrected chi connectivity index (χ4v) is 5.02. The lowest BCUT2D eigenvalue weighted by Gasteiger charge is -2.06. The minimum Gasteiger partial charge on any atom is -0.494 e. The van der Waals surface area contributed by atoms with Crippen molar-refractivity contribution in [1.82, 2.24) is 0 Å². The maximum absolute atomic E-state index is 10.6. The second-order valence-corrected chi connectivity index (χ2v) is 11.6. The van der Waals surface area contributed by atoms with Crippen molar-refractivity contribution in [3.8, 4) is 5.75 Å². The van der Waals surface area contributed by atoms with Crippen molar-refractivity contribution in [3.05, 3.63) is 29.8 Å². The molecule has 0 aromatic heterocycles. The highest BCUT2D eigenvalue weighted by atomic mass is 16.5. The summed E-state index contributed by atoms with van der Waals surface area (Å²) in [4.78, 5) is 20.6. The Bertz CT molecular complexity index is 625. The van der Waals surface area contributed by atoms with E-state index in [2.05, 4.69) is 13.8 Å². The van der Waals surface area contributed by atoms with Gasteiger partial charge in [-0.25, -0.2) is 0 Å². The topological polar surface area (TPSA) is 43.4 Å². The average molecular weight is 559 g/mol. The molecule has 3 heteroatoms. The first kappa shape index (κ1) is 38.4. The quantitative estimate of drug-likeness (QED) is 0.0725. The molecule has 0 heterocycles. The zero-order valence-electron chi connectivity index (χ0n) is 26.8. The van der Waals surface area contributed by atoms with Gasteiger partial charge in [-0.2, -0.15) is 0 Å². The number of carbonyl (C=O) groups excluding carboxylic acids is 2. The summed E-state index contributed by atoms with van der Waals surface area (Å²) in [6.07, 6.45) is 36.8. The van der Waals surface area contributed by atoms with Gasteiger partial charge in [-0.15, -0.1) is 0 Å². The number of unbranched alkanes of at least 4 members (excludes halogenated alkanes) is 24. The second kappa shape index (κ2) is 33.6. The van der Waals surface area contributed by atoms with E-state index < -0.39 is 0 Å².